The zero-order chi connectivity index (χ0) is 18.1. The van der Waals surface area contributed by atoms with Crippen LogP contribution in [-0.2, 0) is 11.3 Å². The van der Waals surface area contributed by atoms with E-state index < -0.39 is 5.91 Å². The zero-order valence-electron chi connectivity index (χ0n) is 14.0. The molecule has 2 aromatic rings. The second-order valence-corrected chi connectivity index (χ2v) is 5.20. The summed E-state index contributed by atoms with van der Waals surface area (Å²) in [7, 11) is 0. The molecule has 0 aliphatic carbocycles. The van der Waals surface area contributed by atoms with Gasteiger partial charge in [-0.25, -0.2) is 10.2 Å². The summed E-state index contributed by atoms with van der Waals surface area (Å²) in [5.74, 6) is -0.566. The van der Waals surface area contributed by atoms with Crippen molar-refractivity contribution in [1.82, 2.24) is 20.5 Å². The van der Waals surface area contributed by atoms with Crippen LogP contribution in [-0.4, -0.2) is 26.1 Å². The minimum Gasteiger partial charge on any atom is -0.288 e. The van der Waals surface area contributed by atoms with Crippen LogP contribution in [0.1, 0.15) is 23.7 Å². The molecule has 0 fully saturated rings. The number of aromatic nitrogens is 3. The highest BCUT2D eigenvalue weighted by atomic mass is 16.5. The molecule has 1 aromatic carbocycles. The van der Waals surface area contributed by atoms with Crippen LogP contribution >= 0.6 is 0 Å². The number of benzene rings is 1. The van der Waals surface area contributed by atoms with Crippen molar-refractivity contribution < 1.29 is 10.0 Å². The summed E-state index contributed by atoms with van der Waals surface area (Å²) in [5.41, 5.74) is 5.13. The average Bonchev–Trinajstić information content (AvgIpc) is 3.09. The van der Waals surface area contributed by atoms with E-state index in [-0.39, 0.29) is 0 Å². The fourth-order valence-electron chi connectivity index (χ4n) is 2.10. The standard InChI is InChI=1S/C19H20N4O2/c1-3-5-6-17(4-2)18-14-23(22-20-18)13-16-9-7-15(8-10-16)11-12-19(24)21-25/h3-12,14,25H,2,13H2,1H3,(H,21,24)/b5-3-,12-11+,17-6+. The monoisotopic (exact) mass is 336 g/mol. The van der Waals surface area contributed by atoms with E-state index in [9.17, 15) is 4.79 Å². The Morgan fingerprint density at radius 1 is 1.36 bits per heavy atom. The number of nitrogens with zero attached hydrogens (tertiary/aromatic N) is 3. The molecule has 0 bridgehead atoms. The molecular formula is C19H20N4O2. The van der Waals surface area contributed by atoms with E-state index >= 15 is 0 Å². The van der Waals surface area contributed by atoms with Crippen LogP contribution in [0.5, 0.6) is 0 Å². The first-order valence-corrected chi connectivity index (χ1v) is 7.73. The molecule has 1 heterocycles. The minimum absolute atomic E-state index is 0.566. The topological polar surface area (TPSA) is 80.0 Å². The van der Waals surface area contributed by atoms with Crippen LogP contribution in [0.15, 0.2) is 67.4 Å². The molecule has 25 heavy (non-hydrogen) atoms. The Morgan fingerprint density at radius 3 is 2.76 bits per heavy atom. The molecular weight excluding hydrogens is 316 g/mol. The molecule has 6 nitrogen and oxygen atoms in total. The molecule has 0 aliphatic heterocycles. The normalized spacial score (nSPS) is 12.0. The van der Waals surface area contributed by atoms with Gasteiger partial charge < -0.3 is 0 Å². The molecule has 128 valence electrons. The van der Waals surface area contributed by atoms with Gasteiger partial charge in [-0.2, -0.15) is 0 Å². The summed E-state index contributed by atoms with van der Waals surface area (Å²) >= 11 is 0. The Balaban J connectivity index is 2.07. The van der Waals surface area contributed by atoms with Gasteiger partial charge in [-0.1, -0.05) is 60.4 Å². The summed E-state index contributed by atoms with van der Waals surface area (Å²) in [4.78, 5) is 11.0. The Labute approximate surface area is 146 Å². The van der Waals surface area contributed by atoms with E-state index in [1.54, 1.807) is 22.3 Å². The highest BCUT2D eigenvalue weighted by Gasteiger charge is 2.04. The van der Waals surface area contributed by atoms with E-state index in [2.05, 4.69) is 16.9 Å². The lowest BCUT2D eigenvalue weighted by Crippen LogP contribution is -2.14. The lowest BCUT2D eigenvalue weighted by molar-refractivity contribution is -0.124. The molecule has 0 unspecified atom stereocenters. The number of hydroxylamine groups is 1. The van der Waals surface area contributed by atoms with Gasteiger partial charge in [-0.05, 0) is 24.1 Å². The fourth-order valence-corrected chi connectivity index (χ4v) is 2.10. The molecule has 0 spiro atoms. The van der Waals surface area contributed by atoms with Crippen molar-refractivity contribution >= 4 is 17.6 Å². The van der Waals surface area contributed by atoms with Gasteiger partial charge in [-0.15, -0.1) is 5.10 Å². The van der Waals surface area contributed by atoms with Crippen molar-refractivity contribution in [2.45, 2.75) is 13.5 Å². The number of carbonyl (C=O) groups is 1. The highest BCUT2D eigenvalue weighted by molar-refractivity contribution is 5.90. The highest BCUT2D eigenvalue weighted by Crippen LogP contribution is 2.13. The van der Waals surface area contributed by atoms with Gasteiger partial charge in [0.2, 0.25) is 0 Å². The molecule has 2 N–H and O–H groups in total. The summed E-state index contributed by atoms with van der Waals surface area (Å²) in [5, 5.41) is 16.8. The van der Waals surface area contributed by atoms with Crippen molar-refractivity contribution in [3.05, 3.63) is 84.2 Å². The first kappa shape index (κ1) is 18.1. The van der Waals surface area contributed by atoms with Crippen molar-refractivity contribution in [2.75, 3.05) is 0 Å². The number of allylic oxidation sites excluding steroid dienone is 5. The van der Waals surface area contributed by atoms with E-state index in [0.717, 1.165) is 22.4 Å². The van der Waals surface area contributed by atoms with Crippen LogP contribution in [0.4, 0.5) is 0 Å². The quantitative estimate of drug-likeness (QED) is 0.352. The zero-order valence-corrected chi connectivity index (χ0v) is 14.0. The number of amides is 1. The van der Waals surface area contributed by atoms with Crippen LogP contribution < -0.4 is 5.48 Å². The molecule has 0 aliphatic rings. The molecule has 1 aromatic heterocycles. The lowest BCUT2D eigenvalue weighted by Gasteiger charge is -2.01. The fraction of sp³-hybridized carbons (Fsp3) is 0.105. The lowest BCUT2D eigenvalue weighted by atomic mass is 10.1. The van der Waals surface area contributed by atoms with Gasteiger partial charge in [0.1, 0.15) is 5.69 Å². The maximum absolute atomic E-state index is 11.0. The van der Waals surface area contributed by atoms with E-state index in [4.69, 9.17) is 5.21 Å². The third-order valence-electron chi connectivity index (χ3n) is 3.38. The molecule has 0 saturated heterocycles. The first-order chi connectivity index (χ1) is 12.2. The van der Waals surface area contributed by atoms with E-state index in [1.165, 1.54) is 6.08 Å². The van der Waals surface area contributed by atoms with E-state index in [1.807, 2.05) is 55.6 Å². The number of nitrogens with one attached hydrogen (secondary N) is 1. The van der Waals surface area contributed by atoms with Crippen molar-refractivity contribution in [3.63, 3.8) is 0 Å². The van der Waals surface area contributed by atoms with Gasteiger partial charge in [0.05, 0.1) is 12.7 Å². The Kier molecular flexibility index (Phi) is 6.62. The van der Waals surface area contributed by atoms with Gasteiger partial charge in [0, 0.05) is 11.6 Å². The molecule has 6 heteroatoms. The van der Waals surface area contributed by atoms with Crippen molar-refractivity contribution in [2.24, 2.45) is 0 Å². The maximum atomic E-state index is 11.0. The number of hydrogen-bond donors (Lipinski definition) is 2. The van der Waals surface area contributed by atoms with Crippen LogP contribution in [0.2, 0.25) is 0 Å². The molecule has 0 saturated carbocycles. The predicted octanol–water partition coefficient (Wildman–Crippen LogP) is 2.99. The molecule has 1 amide bonds. The smallest absolute Gasteiger partial charge is 0.267 e. The maximum Gasteiger partial charge on any atom is 0.267 e. The largest absolute Gasteiger partial charge is 0.288 e. The summed E-state index contributed by atoms with van der Waals surface area (Å²) in [6.45, 7) is 6.33. The second-order valence-electron chi connectivity index (χ2n) is 5.20. The SMILES string of the molecule is C=C/C(=C\C=C/C)c1cn(Cc2ccc(/C=C/C(=O)NO)cc2)nn1. The minimum atomic E-state index is -0.566. The summed E-state index contributed by atoms with van der Waals surface area (Å²) in [6, 6.07) is 7.66. The number of rotatable bonds is 7. The van der Waals surface area contributed by atoms with E-state index in [0.29, 0.717) is 6.54 Å². The number of carbonyl (C=O) groups excluding carboxylic acids is 1. The van der Waals surface area contributed by atoms with Gasteiger partial charge in [0.25, 0.3) is 5.91 Å². The third kappa shape index (κ3) is 5.40. The molecule has 0 radical (unpaired) electrons. The second kappa shape index (κ2) is 9.14. The molecule has 0 atom stereocenters. The van der Waals surface area contributed by atoms with Crippen LogP contribution in [0.25, 0.3) is 11.6 Å². The Morgan fingerprint density at radius 2 is 2.12 bits per heavy atom. The van der Waals surface area contributed by atoms with Crippen LogP contribution in [0, 0.1) is 0 Å². The first-order valence-electron chi connectivity index (χ1n) is 7.73. The van der Waals surface area contributed by atoms with Gasteiger partial charge >= 0.3 is 0 Å². The predicted molar refractivity (Wildman–Crippen MR) is 97.5 cm³/mol. The number of hydrogen-bond acceptors (Lipinski definition) is 4. The molecule has 2 rings (SSSR count). The van der Waals surface area contributed by atoms with Crippen molar-refractivity contribution in [3.8, 4) is 0 Å². The van der Waals surface area contributed by atoms with Gasteiger partial charge in [-0.3, -0.25) is 10.0 Å². The van der Waals surface area contributed by atoms with Crippen LogP contribution in [0.3, 0.4) is 0 Å². The summed E-state index contributed by atoms with van der Waals surface area (Å²) < 4.78 is 1.76. The average molecular weight is 336 g/mol. The summed E-state index contributed by atoms with van der Waals surface area (Å²) in [6.07, 6.45) is 12.3. The third-order valence-corrected chi connectivity index (χ3v) is 3.38. The van der Waals surface area contributed by atoms with Crippen molar-refractivity contribution in [1.29, 1.82) is 0 Å². The Hall–Kier alpha value is -3.25. The Bertz CT molecular complexity index is 814. The van der Waals surface area contributed by atoms with Gasteiger partial charge in [0.15, 0.2) is 0 Å².